The lowest BCUT2D eigenvalue weighted by molar-refractivity contribution is -0.141. The van der Waals surface area contributed by atoms with Gasteiger partial charge in [0.05, 0.1) is 6.54 Å². The zero-order valence-corrected chi connectivity index (χ0v) is 18.4. The summed E-state index contributed by atoms with van der Waals surface area (Å²) in [6.07, 6.45) is 8.33. The van der Waals surface area contributed by atoms with Gasteiger partial charge in [0.25, 0.3) is 0 Å². The predicted octanol–water partition coefficient (Wildman–Crippen LogP) is 4.54. The second kappa shape index (κ2) is 12.7. The van der Waals surface area contributed by atoms with Crippen molar-refractivity contribution in [3.63, 3.8) is 0 Å². The van der Waals surface area contributed by atoms with Gasteiger partial charge in [0.2, 0.25) is 11.8 Å². The van der Waals surface area contributed by atoms with Crippen molar-refractivity contribution in [3.05, 3.63) is 72.6 Å². The van der Waals surface area contributed by atoms with Crippen molar-refractivity contribution in [1.82, 2.24) is 14.4 Å². The van der Waals surface area contributed by atoms with Gasteiger partial charge in [0, 0.05) is 38.4 Å². The summed E-state index contributed by atoms with van der Waals surface area (Å²) in [4.78, 5) is 29.4. The molecular weight excluding hydrogens is 374 g/mol. The maximum atomic E-state index is 13.2. The molecule has 2 aromatic rings. The van der Waals surface area contributed by atoms with Crippen LogP contribution in [0.2, 0.25) is 0 Å². The molecule has 0 aliphatic rings. The fourth-order valence-electron chi connectivity index (χ4n) is 3.43. The highest BCUT2D eigenvalue weighted by Gasteiger charge is 2.21. The molecule has 1 aromatic carbocycles. The Bertz CT molecular complexity index is 798. The van der Waals surface area contributed by atoms with E-state index >= 15 is 0 Å². The molecular formula is C25H35N3O2. The van der Waals surface area contributed by atoms with E-state index in [1.807, 2.05) is 65.2 Å². The first-order valence-electron chi connectivity index (χ1n) is 10.9. The zero-order chi connectivity index (χ0) is 21.8. The normalized spacial score (nSPS) is 10.6. The summed E-state index contributed by atoms with van der Waals surface area (Å²) in [5, 5.41) is 0. The first-order valence-corrected chi connectivity index (χ1v) is 10.9. The van der Waals surface area contributed by atoms with Crippen molar-refractivity contribution in [2.45, 2.75) is 52.1 Å². The standard InChI is InChI=1S/C25H35N3O2/c1-4-6-7-11-16-24(29)27(17-5-2)21-25(30)28(19-22-13-9-8-10-14-22)20-23-15-12-18-26(23)3/h5,8-10,12-15,18H,2,4,6-7,11,16-17,19-21H2,1,3H3. The number of hydrogen-bond donors (Lipinski definition) is 0. The molecule has 5 heteroatoms. The van der Waals surface area contributed by atoms with Crippen LogP contribution >= 0.6 is 0 Å². The average molecular weight is 410 g/mol. The topological polar surface area (TPSA) is 45.6 Å². The third kappa shape index (κ3) is 7.54. The van der Waals surface area contributed by atoms with Crippen molar-refractivity contribution in [3.8, 4) is 0 Å². The van der Waals surface area contributed by atoms with Gasteiger partial charge in [-0.3, -0.25) is 9.59 Å². The number of hydrogen-bond acceptors (Lipinski definition) is 2. The lowest BCUT2D eigenvalue weighted by Crippen LogP contribution is -2.42. The minimum atomic E-state index is -0.0520. The summed E-state index contributed by atoms with van der Waals surface area (Å²) in [7, 11) is 1.98. The molecule has 0 aliphatic carbocycles. The van der Waals surface area contributed by atoms with E-state index in [4.69, 9.17) is 0 Å². The second-order valence-corrected chi connectivity index (χ2v) is 7.72. The van der Waals surface area contributed by atoms with Crippen LogP contribution in [0.15, 0.2) is 61.3 Å². The first kappa shape index (κ1) is 23.5. The summed E-state index contributed by atoms with van der Waals surface area (Å²) in [6, 6.07) is 14.0. The number of benzene rings is 1. The van der Waals surface area contributed by atoms with Crippen LogP contribution in [0.1, 0.15) is 50.3 Å². The molecule has 0 unspecified atom stereocenters. The predicted molar refractivity (Wildman–Crippen MR) is 122 cm³/mol. The van der Waals surface area contributed by atoms with E-state index in [1.165, 1.54) is 0 Å². The van der Waals surface area contributed by atoms with Crippen LogP contribution < -0.4 is 0 Å². The van der Waals surface area contributed by atoms with Crippen molar-refractivity contribution in [1.29, 1.82) is 0 Å². The van der Waals surface area contributed by atoms with E-state index in [0.29, 0.717) is 26.1 Å². The van der Waals surface area contributed by atoms with Gasteiger partial charge in [0.1, 0.15) is 6.54 Å². The van der Waals surface area contributed by atoms with E-state index in [1.54, 1.807) is 11.0 Å². The molecule has 0 N–H and O–H groups in total. The minimum Gasteiger partial charge on any atom is -0.353 e. The molecule has 162 valence electrons. The molecule has 0 radical (unpaired) electrons. The highest BCUT2D eigenvalue weighted by atomic mass is 16.2. The first-order chi connectivity index (χ1) is 14.5. The Hall–Kier alpha value is -2.82. The van der Waals surface area contributed by atoms with E-state index in [0.717, 1.165) is 36.9 Å². The van der Waals surface area contributed by atoms with Crippen LogP contribution in [0.25, 0.3) is 0 Å². The van der Waals surface area contributed by atoms with Gasteiger partial charge in [-0.2, -0.15) is 0 Å². The van der Waals surface area contributed by atoms with E-state index in [2.05, 4.69) is 13.5 Å². The molecule has 2 rings (SSSR count). The molecule has 0 saturated heterocycles. The molecule has 0 saturated carbocycles. The molecule has 5 nitrogen and oxygen atoms in total. The minimum absolute atomic E-state index is 0.0258. The third-order valence-corrected chi connectivity index (χ3v) is 5.25. The number of aryl methyl sites for hydroxylation is 1. The Morgan fingerprint density at radius 3 is 2.37 bits per heavy atom. The third-order valence-electron chi connectivity index (χ3n) is 5.25. The monoisotopic (exact) mass is 409 g/mol. The Morgan fingerprint density at radius 2 is 1.73 bits per heavy atom. The van der Waals surface area contributed by atoms with Crippen LogP contribution in [-0.4, -0.2) is 39.3 Å². The maximum Gasteiger partial charge on any atom is 0.242 e. The largest absolute Gasteiger partial charge is 0.353 e. The number of rotatable bonds is 13. The van der Waals surface area contributed by atoms with Gasteiger partial charge in [-0.05, 0) is 24.1 Å². The Morgan fingerprint density at radius 1 is 0.967 bits per heavy atom. The van der Waals surface area contributed by atoms with Crippen LogP contribution in [0, 0.1) is 0 Å². The number of amides is 2. The van der Waals surface area contributed by atoms with Crippen molar-refractivity contribution in [2.75, 3.05) is 13.1 Å². The van der Waals surface area contributed by atoms with Crippen molar-refractivity contribution < 1.29 is 9.59 Å². The molecule has 2 amide bonds. The van der Waals surface area contributed by atoms with E-state index in [-0.39, 0.29) is 18.4 Å². The van der Waals surface area contributed by atoms with E-state index < -0.39 is 0 Å². The van der Waals surface area contributed by atoms with Crippen LogP contribution in [0.3, 0.4) is 0 Å². The maximum absolute atomic E-state index is 13.2. The zero-order valence-electron chi connectivity index (χ0n) is 18.4. The van der Waals surface area contributed by atoms with Gasteiger partial charge < -0.3 is 14.4 Å². The van der Waals surface area contributed by atoms with Crippen molar-refractivity contribution in [2.24, 2.45) is 7.05 Å². The summed E-state index contributed by atoms with van der Waals surface area (Å²) in [5.41, 5.74) is 2.13. The number of carbonyl (C=O) groups excluding carboxylic acids is 2. The molecule has 1 heterocycles. The van der Waals surface area contributed by atoms with Gasteiger partial charge in [-0.15, -0.1) is 6.58 Å². The van der Waals surface area contributed by atoms with Crippen LogP contribution in [-0.2, 0) is 29.7 Å². The fourth-order valence-corrected chi connectivity index (χ4v) is 3.43. The molecule has 0 spiro atoms. The SMILES string of the molecule is C=CCN(CC(=O)N(Cc1ccccc1)Cc1cccn1C)C(=O)CCCCCC. The van der Waals surface area contributed by atoms with Gasteiger partial charge in [-0.1, -0.05) is 62.6 Å². The lowest BCUT2D eigenvalue weighted by Gasteiger charge is -2.27. The quantitative estimate of drug-likeness (QED) is 0.360. The fraction of sp³-hybridized carbons (Fsp3) is 0.440. The summed E-state index contributed by atoms with van der Waals surface area (Å²) < 4.78 is 2.02. The Balaban J connectivity index is 2.08. The number of unbranched alkanes of at least 4 members (excludes halogenated alkanes) is 3. The Labute approximate surface area is 181 Å². The molecule has 0 bridgehead atoms. The summed E-state index contributed by atoms with van der Waals surface area (Å²) in [6.45, 7) is 7.40. The average Bonchev–Trinajstić information content (AvgIpc) is 3.15. The van der Waals surface area contributed by atoms with E-state index in [9.17, 15) is 9.59 Å². The number of aromatic nitrogens is 1. The molecule has 1 aromatic heterocycles. The molecule has 0 aliphatic heterocycles. The van der Waals surface area contributed by atoms with Gasteiger partial charge >= 0.3 is 0 Å². The Kier molecular flexibility index (Phi) is 9.92. The molecule has 0 fully saturated rings. The van der Waals surface area contributed by atoms with Gasteiger partial charge in [-0.25, -0.2) is 0 Å². The van der Waals surface area contributed by atoms with Crippen molar-refractivity contribution >= 4 is 11.8 Å². The number of nitrogens with zero attached hydrogens (tertiary/aromatic N) is 3. The summed E-state index contributed by atoms with van der Waals surface area (Å²) in [5.74, 6) is -0.0262. The number of carbonyl (C=O) groups is 2. The van der Waals surface area contributed by atoms with Gasteiger partial charge in [0.15, 0.2) is 0 Å². The smallest absolute Gasteiger partial charge is 0.242 e. The van der Waals surface area contributed by atoms with Crippen LogP contribution in [0.4, 0.5) is 0 Å². The van der Waals surface area contributed by atoms with Crippen LogP contribution in [0.5, 0.6) is 0 Å². The molecule has 0 atom stereocenters. The molecule has 30 heavy (non-hydrogen) atoms. The highest BCUT2D eigenvalue weighted by Crippen LogP contribution is 2.12. The second-order valence-electron chi connectivity index (χ2n) is 7.72. The highest BCUT2D eigenvalue weighted by molar-refractivity contribution is 5.85. The lowest BCUT2D eigenvalue weighted by atomic mass is 10.1. The summed E-state index contributed by atoms with van der Waals surface area (Å²) >= 11 is 0.